The van der Waals surface area contributed by atoms with Crippen molar-refractivity contribution in [2.75, 3.05) is 26.2 Å². The zero-order valence-electron chi connectivity index (χ0n) is 15.2. The fourth-order valence-corrected chi connectivity index (χ4v) is 3.13. The van der Waals surface area contributed by atoms with Gasteiger partial charge in [0.2, 0.25) is 0 Å². The highest BCUT2D eigenvalue weighted by atomic mass is 35.5. The van der Waals surface area contributed by atoms with Crippen molar-refractivity contribution in [3.05, 3.63) is 59.7 Å². The van der Waals surface area contributed by atoms with Gasteiger partial charge in [-0.1, -0.05) is 12.1 Å². The van der Waals surface area contributed by atoms with Crippen LogP contribution in [0.1, 0.15) is 24.0 Å². The van der Waals surface area contributed by atoms with E-state index in [0.29, 0.717) is 24.2 Å². The van der Waals surface area contributed by atoms with Crippen molar-refractivity contribution in [2.24, 2.45) is 0 Å². The molecule has 0 amide bonds. The Morgan fingerprint density at radius 2 is 1.67 bits per heavy atom. The van der Waals surface area contributed by atoms with Crippen molar-refractivity contribution >= 4 is 12.4 Å². The molecule has 5 nitrogen and oxygen atoms in total. The van der Waals surface area contributed by atoms with Crippen LogP contribution in [-0.4, -0.2) is 47.0 Å². The summed E-state index contributed by atoms with van der Waals surface area (Å²) in [6.07, 6.45) is 2.30. The minimum absolute atomic E-state index is 0. The third kappa shape index (κ3) is 6.14. The summed E-state index contributed by atoms with van der Waals surface area (Å²) < 4.78 is 5.68. The van der Waals surface area contributed by atoms with Crippen LogP contribution in [-0.2, 0) is 6.42 Å². The Balaban J connectivity index is 0.00000261. The van der Waals surface area contributed by atoms with Crippen LogP contribution in [0.3, 0.4) is 0 Å². The molecular formula is C21H25ClN2O3. The highest BCUT2D eigenvalue weighted by Gasteiger charge is 2.33. The number of halogens is 1. The zero-order valence-corrected chi connectivity index (χ0v) is 16.0. The average molecular weight is 389 g/mol. The van der Waals surface area contributed by atoms with E-state index in [1.165, 1.54) is 5.56 Å². The van der Waals surface area contributed by atoms with E-state index >= 15 is 0 Å². The third-order valence-electron chi connectivity index (χ3n) is 4.93. The van der Waals surface area contributed by atoms with Crippen molar-refractivity contribution in [2.45, 2.75) is 24.9 Å². The SMILES string of the molecule is Cl.N#Cc1ccc(CCN2CCC(O)(COc3ccc(O)cc3)CC2)cc1. The number of phenols is 1. The number of hydrogen-bond acceptors (Lipinski definition) is 5. The van der Waals surface area contributed by atoms with E-state index in [9.17, 15) is 10.2 Å². The van der Waals surface area contributed by atoms with Crippen LogP contribution in [0.5, 0.6) is 11.5 Å². The standard InChI is InChI=1S/C21H24N2O3.ClH/c22-15-18-3-1-17(2-4-18)9-12-23-13-10-21(25,11-14-23)16-26-20-7-5-19(24)6-8-20;/h1-8,24-25H,9-14,16H2;1H. The highest BCUT2D eigenvalue weighted by Crippen LogP contribution is 2.24. The Morgan fingerprint density at radius 1 is 1.04 bits per heavy atom. The second-order valence-corrected chi connectivity index (χ2v) is 6.91. The maximum Gasteiger partial charge on any atom is 0.119 e. The third-order valence-corrected chi connectivity index (χ3v) is 4.93. The van der Waals surface area contributed by atoms with Gasteiger partial charge in [0.1, 0.15) is 23.7 Å². The van der Waals surface area contributed by atoms with Gasteiger partial charge in [0, 0.05) is 19.6 Å². The number of aliphatic hydroxyl groups is 1. The van der Waals surface area contributed by atoms with Crippen molar-refractivity contribution < 1.29 is 14.9 Å². The Hall–Kier alpha value is -2.26. The summed E-state index contributed by atoms with van der Waals surface area (Å²) in [5, 5.41) is 28.8. The lowest BCUT2D eigenvalue weighted by molar-refractivity contribution is -0.0521. The number of phenolic OH excluding ortho intramolecular Hbond substituents is 1. The number of piperidine rings is 1. The van der Waals surface area contributed by atoms with Crippen molar-refractivity contribution in [3.63, 3.8) is 0 Å². The summed E-state index contributed by atoms with van der Waals surface area (Å²) >= 11 is 0. The van der Waals surface area contributed by atoms with Crippen LogP contribution in [0.4, 0.5) is 0 Å². The molecule has 1 aliphatic rings. The van der Waals surface area contributed by atoms with Crippen LogP contribution in [0.25, 0.3) is 0 Å². The monoisotopic (exact) mass is 388 g/mol. The summed E-state index contributed by atoms with van der Waals surface area (Å²) in [5.74, 6) is 0.853. The maximum absolute atomic E-state index is 10.7. The molecule has 2 N–H and O–H groups in total. The number of aromatic hydroxyl groups is 1. The zero-order chi connectivity index (χ0) is 18.4. The summed E-state index contributed by atoms with van der Waals surface area (Å²) in [6, 6.07) is 16.4. The van der Waals surface area contributed by atoms with Crippen LogP contribution in [0.2, 0.25) is 0 Å². The Labute approximate surface area is 166 Å². The molecule has 1 aliphatic heterocycles. The summed E-state index contributed by atoms with van der Waals surface area (Å²) in [7, 11) is 0. The molecule has 6 heteroatoms. The smallest absolute Gasteiger partial charge is 0.119 e. The fourth-order valence-electron chi connectivity index (χ4n) is 3.13. The van der Waals surface area contributed by atoms with Crippen molar-refractivity contribution in [1.29, 1.82) is 5.26 Å². The minimum Gasteiger partial charge on any atom is -0.508 e. The predicted molar refractivity (Wildman–Crippen MR) is 106 cm³/mol. The summed E-state index contributed by atoms with van der Waals surface area (Å²) in [4.78, 5) is 2.35. The van der Waals surface area contributed by atoms with Gasteiger partial charge < -0.3 is 19.8 Å². The second kappa shape index (κ2) is 9.61. The molecule has 0 unspecified atom stereocenters. The molecule has 0 aliphatic carbocycles. The van der Waals surface area contributed by atoms with E-state index in [1.54, 1.807) is 24.3 Å². The van der Waals surface area contributed by atoms with E-state index in [0.717, 1.165) is 26.1 Å². The fraction of sp³-hybridized carbons (Fsp3) is 0.381. The molecule has 0 spiro atoms. The van der Waals surface area contributed by atoms with Crippen molar-refractivity contribution in [3.8, 4) is 17.6 Å². The molecule has 3 rings (SSSR count). The first-order valence-corrected chi connectivity index (χ1v) is 8.92. The van der Waals surface area contributed by atoms with Gasteiger partial charge in [-0.15, -0.1) is 12.4 Å². The Bertz CT molecular complexity index is 748. The molecule has 1 saturated heterocycles. The molecule has 0 aromatic heterocycles. The molecule has 0 saturated carbocycles. The van der Waals surface area contributed by atoms with E-state index in [4.69, 9.17) is 10.00 Å². The number of nitriles is 1. The summed E-state index contributed by atoms with van der Waals surface area (Å²) in [5.41, 5.74) is 1.11. The molecule has 0 radical (unpaired) electrons. The Morgan fingerprint density at radius 3 is 2.26 bits per heavy atom. The van der Waals surface area contributed by atoms with Gasteiger partial charge >= 0.3 is 0 Å². The lowest BCUT2D eigenvalue weighted by Gasteiger charge is -2.38. The van der Waals surface area contributed by atoms with Gasteiger partial charge in [-0.3, -0.25) is 0 Å². The molecule has 0 bridgehead atoms. The molecular weight excluding hydrogens is 364 g/mol. The number of benzene rings is 2. The highest BCUT2D eigenvalue weighted by molar-refractivity contribution is 5.85. The number of hydrogen-bond donors (Lipinski definition) is 2. The predicted octanol–water partition coefficient (Wildman–Crippen LogP) is 3.13. The average Bonchev–Trinajstić information content (AvgIpc) is 2.68. The maximum atomic E-state index is 10.7. The van der Waals surface area contributed by atoms with Crippen LogP contribution < -0.4 is 4.74 Å². The molecule has 27 heavy (non-hydrogen) atoms. The van der Waals surface area contributed by atoms with Gasteiger partial charge in [0.15, 0.2) is 0 Å². The first-order chi connectivity index (χ1) is 12.6. The van der Waals surface area contributed by atoms with Gasteiger partial charge in [-0.25, -0.2) is 0 Å². The normalized spacial score (nSPS) is 16.1. The van der Waals surface area contributed by atoms with Crippen LogP contribution in [0, 0.1) is 11.3 Å². The molecule has 1 heterocycles. The quantitative estimate of drug-likeness (QED) is 0.795. The number of likely N-dealkylation sites (tertiary alicyclic amines) is 1. The minimum atomic E-state index is -0.803. The topological polar surface area (TPSA) is 76.7 Å². The lowest BCUT2D eigenvalue weighted by Crippen LogP contribution is -2.48. The number of rotatable bonds is 6. The molecule has 144 valence electrons. The largest absolute Gasteiger partial charge is 0.508 e. The first kappa shape index (κ1) is 21.0. The second-order valence-electron chi connectivity index (χ2n) is 6.91. The molecule has 2 aromatic rings. The van der Waals surface area contributed by atoms with E-state index in [2.05, 4.69) is 11.0 Å². The summed E-state index contributed by atoms with van der Waals surface area (Å²) in [6.45, 7) is 2.89. The van der Waals surface area contributed by atoms with Gasteiger partial charge in [0.25, 0.3) is 0 Å². The van der Waals surface area contributed by atoms with E-state index < -0.39 is 5.60 Å². The van der Waals surface area contributed by atoms with Crippen LogP contribution in [0.15, 0.2) is 48.5 Å². The molecule has 1 fully saturated rings. The lowest BCUT2D eigenvalue weighted by atomic mass is 9.92. The van der Waals surface area contributed by atoms with Gasteiger partial charge in [0.05, 0.1) is 11.6 Å². The van der Waals surface area contributed by atoms with E-state index in [1.807, 2.05) is 24.3 Å². The van der Waals surface area contributed by atoms with Gasteiger partial charge in [-0.2, -0.15) is 5.26 Å². The molecule has 2 aromatic carbocycles. The number of ether oxygens (including phenoxy) is 1. The Kier molecular flexibility index (Phi) is 7.49. The molecule has 0 atom stereocenters. The number of nitrogens with zero attached hydrogens (tertiary/aromatic N) is 2. The van der Waals surface area contributed by atoms with Gasteiger partial charge in [-0.05, 0) is 61.2 Å². The van der Waals surface area contributed by atoms with Crippen molar-refractivity contribution in [1.82, 2.24) is 4.90 Å². The first-order valence-electron chi connectivity index (χ1n) is 8.92. The van der Waals surface area contributed by atoms with Crippen LogP contribution >= 0.6 is 12.4 Å². The van der Waals surface area contributed by atoms with E-state index in [-0.39, 0.29) is 24.8 Å².